The van der Waals surface area contributed by atoms with E-state index in [1.807, 2.05) is 43.3 Å². The molecule has 2 rings (SSSR count). The Morgan fingerprint density at radius 2 is 1.86 bits per heavy atom. The zero-order valence-corrected chi connectivity index (χ0v) is 12.5. The number of anilines is 2. The summed E-state index contributed by atoms with van der Waals surface area (Å²) in [5, 5.41) is 14.9. The molecule has 0 aromatic heterocycles. The van der Waals surface area contributed by atoms with E-state index in [-0.39, 0.29) is 11.7 Å². The van der Waals surface area contributed by atoms with E-state index in [9.17, 15) is 4.79 Å². The lowest BCUT2D eigenvalue weighted by Gasteiger charge is -2.26. The van der Waals surface area contributed by atoms with Crippen LogP contribution in [-0.2, 0) is 4.79 Å². The molecular weight excluding hydrogens is 268 g/mol. The highest BCUT2D eigenvalue weighted by Gasteiger charge is 2.45. The lowest BCUT2D eigenvalue weighted by molar-refractivity contribution is -0.122. The van der Waals surface area contributed by atoms with E-state index in [4.69, 9.17) is 10.9 Å². The molecule has 0 heterocycles. The molecule has 0 aliphatic heterocycles. The lowest BCUT2D eigenvalue weighted by atomic mass is 9.83. The second-order valence-electron chi connectivity index (χ2n) is 5.67. The third-order valence-electron chi connectivity index (χ3n) is 4.13. The van der Waals surface area contributed by atoms with Crippen LogP contribution in [0.2, 0.25) is 0 Å². The van der Waals surface area contributed by atoms with Crippen molar-refractivity contribution in [2.45, 2.75) is 25.7 Å². The van der Waals surface area contributed by atoms with Gasteiger partial charge in [-0.05, 0) is 37.1 Å². The number of carbonyl (C=O) groups excluding carboxylic acids is 1. The molecule has 1 aromatic rings. The van der Waals surface area contributed by atoms with Crippen molar-refractivity contribution < 1.29 is 10.0 Å². The maximum atomic E-state index is 12.6. The number of nitrogens with zero attached hydrogens (tertiary/aromatic N) is 2. The summed E-state index contributed by atoms with van der Waals surface area (Å²) in [5.41, 5.74) is 6.65. The second-order valence-corrected chi connectivity index (χ2v) is 5.67. The Bertz CT molecular complexity index is 531. The number of oxime groups is 1. The van der Waals surface area contributed by atoms with Crippen molar-refractivity contribution in [1.29, 1.82) is 0 Å². The fourth-order valence-corrected chi connectivity index (χ4v) is 2.77. The molecule has 1 amide bonds. The van der Waals surface area contributed by atoms with Crippen molar-refractivity contribution in [3.63, 3.8) is 0 Å². The molecule has 114 valence electrons. The summed E-state index contributed by atoms with van der Waals surface area (Å²) < 4.78 is 0. The van der Waals surface area contributed by atoms with E-state index in [0.717, 1.165) is 18.5 Å². The van der Waals surface area contributed by atoms with Crippen LogP contribution in [0.4, 0.5) is 11.4 Å². The minimum atomic E-state index is -0.880. The Morgan fingerprint density at radius 3 is 2.33 bits per heavy atom. The maximum absolute atomic E-state index is 12.6. The molecule has 1 aromatic carbocycles. The predicted molar refractivity (Wildman–Crippen MR) is 83.7 cm³/mol. The standard InChI is InChI=1S/C15H22N4O2/c1-19(2)12-7-5-11(6-8-12)17-14(20)15(13(16)18-21)9-3-4-10-15/h5-8,21H,3-4,9-10H2,1-2H3,(H2,16,18)(H,17,20). The normalized spacial score (nSPS) is 17.5. The number of nitrogens with one attached hydrogen (secondary N) is 1. The molecule has 1 saturated carbocycles. The zero-order chi connectivity index (χ0) is 15.5. The first-order valence-corrected chi connectivity index (χ1v) is 7.06. The van der Waals surface area contributed by atoms with E-state index in [1.54, 1.807) is 0 Å². The highest BCUT2D eigenvalue weighted by molar-refractivity contribution is 6.12. The van der Waals surface area contributed by atoms with Gasteiger partial charge in [-0.1, -0.05) is 18.0 Å². The molecule has 1 fully saturated rings. The van der Waals surface area contributed by atoms with Crippen LogP contribution in [0.1, 0.15) is 25.7 Å². The molecule has 0 saturated heterocycles. The first-order chi connectivity index (χ1) is 9.99. The van der Waals surface area contributed by atoms with E-state index in [2.05, 4.69) is 10.5 Å². The minimum Gasteiger partial charge on any atom is -0.409 e. The Morgan fingerprint density at radius 1 is 1.29 bits per heavy atom. The van der Waals surface area contributed by atoms with Gasteiger partial charge in [0, 0.05) is 25.5 Å². The van der Waals surface area contributed by atoms with Gasteiger partial charge in [-0.15, -0.1) is 0 Å². The Labute approximate surface area is 124 Å². The molecule has 0 radical (unpaired) electrons. The largest absolute Gasteiger partial charge is 0.409 e. The monoisotopic (exact) mass is 290 g/mol. The van der Waals surface area contributed by atoms with Crippen molar-refractivity contribution in [2.75, 3.05) is 24.3 Å². The third-order valence-corrected chi connectivity index (χ3v) is 4.13. The van der Waals surface area contributed by atoms with Gasteiger partial charge in [0.1, 0.15) is 5.41 Å². The molecule has 21 heavy (non-hydrogen) atoms. The van der Waals surface area contributed by atoms with Gasteiger partial charge in [-0.2, -0.15) is 0 Å². The molecule has 0 spiro atoms. The van der Waals surface area contributed by atoms with Crippen LogP contribution >= 0.6 is 0 Å². The van der Waals surface area contributed by atoms with Gasteiger partial charge in [0.2, 0.25) is 5.91 Å². The van der Waals surface area contributed by atoms with E-state index in [1.165, 1.54) is 0 Å². The van der Waals surface area contributed by atoms with Crippen molar-refractivity contribution in [3.05, 3.63) is 24.3 Å². The highest BCUT2D eigenvalue weighted by atomic mass is 16.4. The summed E-state index contributed by atoms with van der Waals surface area (Å²) in [4.78, 5) is 14.5. The molecular formula is C15H22N4O2. The van der Waals surface area contributed by atoms with Gasteiger partial charge >= 0.3 is 0 Å². The number of amides is 1. The summed E-state index contributed by atoms with van der Waals surface area (Å²) in [7, 11) is 3.92. The van der Waals surface area contributed by atoms with Crippen LogP contribution in [0, 0.1) is 5.41 Å². The second kappa shape index (κ2) is 6.03. The van der Waals surface area contributed by atoms with Crippen LogP contribution in [0.15, 0.2) is 29.4 Å². The van der Waals surface area contributed by atoms with Crippen LogP contribution in [0.25, 0.3) is 0 Å². The van der Waals surface area contributed by atoms with Gasteiger partial charge < -0.3 is 21.2 Å². The van der Waals surface area contributed by atoms with Crippen molar-refractivity contribution in [3.8, 4) is 0 Å². The van der Waals surface area contributed by atoms with Gasteiger partial charge in [-0.25, -0.2) is 0 Å². The predicted octanol–water partition coefficient (Wildman–Crippen LogP) is 2.00. The van der Waals surface area contributed by atoms with Crippen molar-refractivity contribution in [2.24, 2.45) is 16.3 Å². The molecule has 4 N–H and O–H groups in total. The zero-order valence-electron chi connectivity index (χ0n) is 12.5. The fraction of sp³-hybridized carbons (Fsp3) is 0.467. The minimum absolute atomic E-state index is 0.00223. The van der Waals surface area contributed by atoms with Crippen molar-refractivity contribution >= 4 is 23.1 Å². The molecule has 1 aliphatic carbocycles. The molecule has 1 aliphatic rings. The number of amidine groups is 1. The Hall–Kier alpha value is -2.24. The fourth-order valence-electron chi connectivity index (χ4n) is 2.77. The summed E-state index contributed by atoms with van der Waals surface area (Å²) in [6.07, 6.45) is 3.04. The number of hydrogen-bond donors (Lipinski definition) is 3. The average molecular weight is 290 g/mol. The van der Waals surface area contributed by atoms with Gasteiger partial charge in [0.05, 0.1) is 0 Å². The van der Waals surface area contributed by atoms with Crippen molar-refractivity contribution in [1.82, 2.24) is 0 Å². The smallest absolute Gasteiger partial charge is 0.238 e. The first-order valence-electron chi connectivity index (χ1n) is 7.06. The molecule has 6 heteroatoms. The quantitative estimate of drug-likeness (QED) is 0.342. The SMILES string of the molecule is CN(C)c1ccc(NC(=O)C2(C(N)=NO)CCCC2)cc1. The topological polar surface area (TPSA) is 91.0 Å². The molecule has 0 bridgehead atoms. The van der Waals surface area contributed by atoms with Crippen LogP contribution in [0.5, 0.6) is 0 Å². The van der Waals surface area contributed by atoms with Crippen LogP contribution < -0.4 is 16.0 Å². The molecule has 6 nitrogen and oxygen atoms in total. The van der Waals surface area contributed by atoms with E-state index in [0.29, 0.717) is 18.5 Å². The van der Waals surface area contributed by atoms with Crippen LogP contribution in [0.3, 0.4) is 0 Å². The molecule has 0 atom stereocenters. The average Bonchev–Trinajstić information content (AvgIpc) is 2.97. The number of hydrogen-bond acceptors (Lipinski definition) is 4. The Kier molecular flexibility index (Phi) is 4.35. The van der Waals surface area contributed by atoms with E-state index >= 15 is 0 Å². The summed E-state index contributed by atoms with van der Waals surface area (Å²) >= 11 is 0. The summed E-state index contributed by atoms with van der Waals surface area (Å²) in [6, 6.07) is 7.56. The van der Waals surface area contributed by atoms with Gasteiger partial charge in [-0.3, -0.25) is 4.79 Å². The van der Waals surface area contributed by atoms with Gasteiger partial charge in [0.15, 0.2) is 5.84 Å². The third kappa shape index (κ3) is 2.94. The first kappa shape index (κ1) is 15.2. The lowest BCUT2D eigenvalue weighted by Crippen LogP contribution is -2.45. The number of benzene rings is 1. The summed E-state index contributed by atoms with van der Waals surface area (Å²) in [6.45, 7) is 0. The van der Waals surface area contributed by atoms with Crippen LogP contribution in [-0.4, -0.2) is 31.0 Å². The number of nitrogens with two attached hydrogens (primary N) is 1. The Balaban J connectivity index is 2.16. The number of rotatable bonds is 4. The summed E-state index contributed by atoms with van der Waals surface area (Å²) in [5.74, 6) is -0.199. The highest BCUT2D eigenvalue weighted by Crippen LogP contribution is 2.39. The molecule has 0 unspecified atom stereocenters. The number of carbonyl (C=O) groups is 1. The van der Waals surface area contributed by atoms with E-state index < -0.39 is 5.41 Å². The maximum Gasteiger partial charge on any atom is 0.238 e. The van der Waals surface area contributed by atoms with Gasteiger partial charge in [0.25, 0.3) is 0 Å².